The quantitative estimate of drug-likeness (QED) is 0.228. The van der Waals surface area contributed by atoms with E-state index in [1.165, 1.54) is 83.8 Å². The molecular formula is C34H23N. The number of nitrogens with zero attached hydrogens (tertiary/aromatic N) is 1. The maximum absolute atomic E-state index is 2.65. The average molecular weight is 446 g/mol. The number of fused-ring (bicyclic) bond motifs is 11. The molecule has 0 N–H and O–H groups in total. The van der Waals surface area contributed by atoms with Crippen LogP contribution in [0.4, 0.5) is 17.1 Å². The van der Waals surface area contributed by atoms with Gasteiger partial charge in [-0.15, -0.1) is 0 Å². The van der Waals surface area contributed by atoms with Crippen molar-refractivity contribution in [1.82, 2.24) is 0 Å². The van der Waals surface area contributed by atoms with Crippen LogP contribution in [-0.2, 0) is 25.7 Å². The summed E-state index contributed by atoms with van der Waals surface area (Å²) in [6.45, 7) is 0. The summed E-state index contributed by atoms with van der Waals surface area (Å²) >= 11 is 0. The first kappa shape index (κ1) is 18.3. The van der Waals surface area contributed by atoms with Crippen LogP contribution in [0.25, 0.3) is 22.3 Å². The van der Waals surface area contributed by atoms with E-state index in [1.807, 2.05) is 0 Å². The fraction of sp³-hybridized carbons (Fsp3) is 0.118. The Morgan fingerprint density at radius 3 is 1.86 bits per heavy atom. The van der Waals surface area contributed by atoms with E-state index in [0.29, 0.717) is 0 Å². The van der Waals surface area contributed by atoms with Crippen molar-refractivity contribution in [2.75, 3.05) is 4.90 Å². The molecule has 0 amide bonds. The first-order chi connectivity index (χ1) is 17.3. The third-order valence-corrected chi connectivity index (χ3v) is 8.69. The SMILES string of the molecule is c1ccc2c(c1)Cc1cc3c(cc1-2)N1c2c(cccc2Cc2ccc4c(c21)Cc1ccccc1-4)C3. The van der Waals surface area contributed by atoms with Gasteiger partial charge in [-0.25, -0.2) is 0 Å². The van der Waals surface area contributed by atoms with Gasteiger partial charge in [-0.05, 0) is 79.2 Å². The van der Waals surface area contributed by atoms with Crippen molar-refractivity contribution in [2.24, 2.45) is 0 Å². The standard InChI is InChI=1S/C34H23N/c1-4-11-28-20(6-1)14-25-17-26-16-23-9-5-8-22-15-24-12-13-29-27-10-3-2-7-21(27)18-31(29)34(24)35(33(22)23)32(26)19-30(25)28/h1-13,17,19H,14-16,18H2. The smallest absolute Gasteiger partial charge is 0.0538 e. The average Bonchev–Trinajstić information content (AvgIpc) is 3.45. The van der Waals surface area contributed by atoms with Crippen molar-refractivity contribution in [3.63, 3.8) is 0 Å². The topological polar surface area (TPSA) is 3.24 Å². The highest BCUT2D eigenvalue weighted by Crippen LogP contribution is 2.56. The lowest BCUT2D eigenvalue weighted by Crippen LogP contribution is -2.26. The summed E-state index contributed by atoms with van der Waals surface area (Å²) < 4.78 is 0. The molecule has 5 aromatic carbocycles. The Morgan fingerprint density at radius 2 is 1.03 bits per heavy atom. The number of benzene rings is 5. The van der Waals surface area contributed by atoms with E-state index in [9.17, 15) is 0 Å². The Kier molecular flexibility index (Phi) is 3.29. The van der Waals surface area contributed by atoms with E-state index in [-0.39, 0.29) is 0 Å². The van der Waals surface area contributed by atoms with Gasteiger partial charge in [0.05, 0.1) is 17.1 Å². The predicted molar refractivity (Wildman–Crippen MR) is 143 cm³/mol. The van der Waals surface area contributed by atoms with Gasteiger partial charge >= 0.3 is 0 Å². The summed E-state index contributed by atoms with van der Waals surface area (Å²) in [5.41, 5.74) is 21.6. The van der Waals surface area contributed by atoms with Gasteiger partial charge in [0, 0.05) is 19.3 Å². The first-order valence-electron chi connectivity index (χ1n) is 12.7. The molecule has 0 atom stereocenters. The molecule has 2 heterocycles. The van der Waals surface area contributed by atoms with Crippen molar-refractivity contribution in [1.29, 1.82) is 0 Å². The van der Waals surface area contributed by atoms with Crippen LogP contribution in [0.2, 0.25) is 0 Å². The lowest BCUT2D eigenvalue weighted by molar-refractivity contribution is 0.998. The summed E-state index contributed by atoms with van der Waals surface area (Å²) in [4.78, 5) is 2.65. The molecule has 1 nitrogen and oxygen atoms in total. The molecular weight excluding hydrogens is 422 g/mol. The molecule has 35 heavy (non-hydrogen) atoms. The highest BCUT2D eigenvalue weighted by atomic mass is 15.2. The van der Waals surface area contributed by atoms with Crippen molar-refractivity contribution in [2.45, 2.75) is 25.7 Å². The molecule has 4 aliphatic rings. The van der Waals surface area contributed by atoms with Crippen molar-refractivity contribution < 1.29 is 0 Å². The fourth-order valence-corrected chi connectivity index (χ4v) is 7.22. The van der Waals surface area contributed by atoms with Crippen LogP contribution in [0.1, 0.15) is 44.5 Å². The lowest BCUT2D eigenvalue weighted by atomic mass is 9.83. The molecule has 0 bridgehead atoms. The summed E-state index contributed by atoms with van der Waals surface area (Å²) in [5, 5.41) is 0. The van der Waals surface area contributed by atoms with Crippen LogP contribution in [0, 0.1) is 0 Å². The largest absolute Gasteiger partial charge is 0.309 e. The molecule has 2 aliphatic carbocycles. The predicted octanol–water partition coefficient (Wildman–Crippen LogP) is 8.11. The lowest BCUT2D eigenvalue weighted by Gasteiger charge is -2.41. The maximum atomic E-state index is 2.65. The summed E-state index contributed by atoms with van der Waals surface area (Å²) in [7, 11) is 0. The molecule has 0 spiro atoms. The summed E-state index contributed by atoms with van der Waals surface area (Å²) in [5.74, 6) is 0. The molecule has 9 rings (SSSR count). The molecule has 0 saturated heterocycles. The van der Waals surface area contributed by atoms with E-state index in [2.05, 4.69) is 95.9 Å². The normalized spacial score (nSPS) is 14.9. The zero-order valence-corrected chi connectivity index (χ0v) is 19.4. The minimum Gasteiger partial charge on any atom is -0.309 e. The van der Waals surface area contributed by atoms with Gasteiger partial charge in [0.15, 0.2) is 0 Å². The van der Waals surface area contributed by atoms with Gasteiger partial charge in [0.2, 0.25) is 0 Å². The number of hydrogen-bond donors (Lipinski definition) is 0. The molecule has 0 aromatic heterocycles. The van der Waals surface area contributed by atoms with E-state index in [4.69, 9.17) is 0 Å². The van der Waals surface area contributed by atoms with E-state index in [0.717, 1.165) is 25.7 Å². The molecule has 1 heteroatoms. The fourth-order valence-electron chi connectivity index (χ4n) is 7.22. The molecule has 0 fully saturated rings. The van der Waals surface area contributed by atoms with Crippen LogP contribution in [0.5, 0.6) is 0 Å². The van der Waals surface area contributed by atoms with Crippen LogP contribution in [0.3, 0.4) is 0 Å². The summed E-state index contributed by atoms with van der Waals surface area (Å²) in [6, 6.07) is 34.6. The van der Waals surface area contributed by atoms with Crippen molar-refractivity contribution in [3.05, 3.63) is 136 Å². The third-order valence-electron chi connectivity index (χ3n) is 8.69. The maximum Gasteiger partial charge on any atom is 0.0538 e. The highest BCUT2D eigenvalue weighted by molar-refractivity contribution is 5.96. The van der Waals surface area contributed by atoms with Gasteiger partial charge in [-0.1, -0.05) is 84.9 Å². The Labute approximate surface area is 205 Å². The second-order valence-electron chi connectivity index (χ2n) is 10.5. The van der Waals surface area contributed by atoms with Crippen molar-refractivity contribution >= 4 is 17.1 Å². The molecule has 0 unspecified atom stereocenters. The van der Waals surface area contributed by atoms with Gasteiger partial charge in [0.25, 0.3) is 0 Å². The van der Waals surface area contributed by atoms with E-state index >= 15 is 0 Å². The van der Waals surface area contributed by atoms with Gasteiger partial charge in [0.1, 0.15) is 0 Å². The number of anilines is 3. The summed E-state index contributed by atoms with van der Waals surface area (Å²) in [6.07, 6.45) is 4.10. The number of rotatable bonds is 0. The van der Waals surface area contributed by atoms with E-state index < -0.39 is 0 Å². The number of para-hydroxylation sites is 1. The van der Waals surface area contributed by atoms with Crippen LogP contribution in [-0.4, -0.2) is 0 Å². The van der Waals surface area contributed by atoms with Crippen LogP contribution >= 0.6 is 0 Å². The molecule has 0 saturated carbocycles. The van der Waals surface area contributed by atoms with Gasteiger partial charge in [-0.2, -0.15) is 0 Å². The second kappa shape index (κ2) is 6.31. The third kappa shape index (κ3) is 2.29. The van der Waals surface area contributed by atoms with Crippen LogP contribution in [0.15, 0.2) is 91.0 Å². The van der Waals surface area contributed by atoms with Gasteiger partial charge in [-0.3, -0.25) is 0 Å². The monoisotopic (exact) mass is 445 g/mol. The Hall–Kier alpha value is -4.10. The number of hydrogen-bond acceptors (Lipinski definition) is 1. The zero-order valence-electron chi connectivity index (χ0n) is 19.4. The first-order valence-corrected chi connectivity index (χ1v) is 12.7. The Morgan fingerprint density at radius 1 is 0.400 bits per heavy atom. The minimum absolute atomic E-state index is 1.02. The van der Waals surface area contributed by atoms with Crippen molar-refractivity contribution in [3.8, 4) is 22.3 Å². The van der Waals surface area contributed by atoms with E-state index in [1.54, 1.807) is 0 Å². The molecule has 0 radical (unpaired) electrons. The van der Waals surface area contributed by atoms with Gasteiger partial charge < -0.3 is 4.90 Å². The second-order valence-corrected chi connectivity index (χ2v) is 10.5. The minimum atomic E-state index is 1.02. The molecule has 164 valence electrons. The Balaban J connectivity index is 1.34. The Bertz CT molecular complexity index is 1760. The molecule has 2 aliphatic heterocycles. The van der Waals surface area contributed by atoms with Crippen LogP contribution < -0.4 is 4.90 Å². The zero-order chi connectivity index (χ0) is 22.7. The molecule has 5 aromatic rings. The highest BCUT2D eigenvalue weighted by Gasteiger charge is 2.36.